The van der Waals surface area contributed by atoms with E-state index in [4.69, 9.17) is 20.8 Å². The molecular formula is C30H28N8O4S. The molecular weight excluding hydrogens is 568 g/mol. The predicted molar refractivity (Wildman–Crippen MR) is 158 cm³/mol. The zero-order valence-corrected chi connectivity index (χ0v) is 24.0. The number of ether oxygens (including phenoxy) is 3. The lowest BCUT2D eigenvalue weighted by Gasteiger charge is -2.22. The van der Waals surface area contributed by atoms with Crippen LogP contribution in [0.1, 0.15) is 32.1 Å². The minimum Gasteiger partial charge on any atom is -0.502 e. The Morgan fingerprint density at radius 3 is 2.77 bits per heavy atom. The molecule has 0 spiro atoms. The molecule has 0 bridgehead atoms. The number of pyridine rings is 1. The minimum atomic E-state index is -0.168. The van der Waals surface area contributed by atoms with Gasteiger partial charge in [-0.05, 0) is 91.4 Å². The third kappa shape index (κ3) is 6.17. The summed E-state index contributed by atoms with van der Waals surface area (Å²) >= 11 is 1.37. The Morgan fingerprint density at radius 2 is 1.93 bits per heavy atom. The highest BCUT2D eigenvalue weighted by Gasteiger charge is 2.30. The lowest BCUT2D eigenvalue weighted by atomic mass is 10.1. The molecule has 0 radical (unpaired) electrons. The highest BCUT2D eigenvalue weighted by molar-refractivity contribution is 7.99. The van der Waals surface area contributed by atoms with Crippen LogP contribution >= 0.6 is 11.8 Å². The smallest absolute Gasteiger partial charge is 0.228 e. The van der Waals surface area contributed by atoms with Crippen molar-refractivity contribution in [3.8, 4) is 16.9 Å². The van der Waals surface area contributed by atoms with Gasteiger partial charge in [0.1, 0.15) is 17.4 Å². The molecule has 1 atom stereocenters. The molecule has 5 aromatic rings. The fourth-order valence-electron chi connectivity index (χ4n) is 4.84. The molecule has 1 aliphatic heterocycles. The molecule has 1 saturated heterocycles. The van der Waals surface area contributed by atoms with Crippen molar-refractivity contribution < 1.29 is 19.0 Å². The summed E-state index contributed by atoms with van der Waals surface area (Å²) in [7, 11) is 0. The highest BCUT2D eigenvalue weighted by atomic mass is 32.2. The van der Waals surface area contributed by atoms with Gasteiger partial charge in [-0.3, -0.25) is 9.20 Å². The molecule has 1 aliphatic carbocycles. The van der Waals surface area contributed by atoms with Gasteiger partial charge in [0.05, 0.1) is 19.4 Å². The first kappa shape index (κ1) is 27.3. The summed E-state index contributed by atoms with van der Waals surface area (Å²) in [6.07, 6.45) is 8.43. The topological polar surface area (TPSA) is 122 Å². The first-order chi connectivity index (χ1) is 21.1. The number of hydrogen-bond donors (Lipinski definition) is 1. The number of imidazole rings is 1. The molecule has 1 N–H and O–H groups in total. The first-order valence-electron chi connectivity index (χ1n) is 14.2. The maximum absolute atomic E-state index is 12.1. The maximum Gasteiger partial charge on any atom is 0.228 e. The van der Waals surface area contributed by atoms with Gasteiger partial charge in [0.2, 0.25) is 16.8 Å². The Balaban J connectivity index is 1.05. The molecule has 1 unspecified atom stereocenters. The molecule has 4 aromatic heterocycles. The van der Waals surface area contributed by atoms with Crippen molar-refractivity contribution in [1.82, 2.24) is 29.2 Å². The van der Waals surface area contributed by atoms with Crippen LogP contribution in [0.25, 0.3) is 27.3 Å². The molecule has 43 heavy (non-hydrogen) atoms. The molecule has 5 heterocycles. The maximum atomic E-state index is 12.1. The van der Waals surface area contributed by atoms with Gasteiger partial charge < -0.3 is 19.5 Å². The van der Waals surface area contributed by atoms with Crippen LogP contribution in [0.2, 0.25) is 0 Å². The second-order valence-electron chi connectivity index (χ2n) is 10.4. The summed E-state index contributed by atoms with van der Waals surface area (Å²) in [4.78, 5) is 20.2. The third-order valence-electron chi connectivity index (χ3n) is 7.26. The van der Waals surface area contributed by atoms with Gasteiger partial charge in [-0.2, -0.15) is 5.10 Å². The number of aromatic nitrogens is 6. The van der Waals surface area contributed by atoms with E-state index in [9.17, 15) is 4.79 Å². The molecule has 2 fully saturated rings. The number of carbonyl (C=O) groups excluding carboxylic acids is 1. The van der Waals surface area contributed by atoms with Crippen molar-refractivity contribution in [2.24, 2.45) is 5.92 Å². The number of rotatable bonds is 10. The van der Waals surface area contributed by atoms with Crippen molar-refractivity contribution in [2.75, 3.05) is 25.1 Å². The fraction of sp³-hybridized carbons (Fsp3) is 0.333. The molecule has 1 saturated carbocycles. The molecule has 1 aromatic carbocycles. The van der Waals surface area contributed by atoms with Gasteiger partial charge in [-0.15, -0.1) is 10.2 Å². The standard InChI is InChI=1S/C30H28N8O4S/c1-31-22-16-20(7-9-23(22)40-14-15-42-28-4-2-3-13-41-28)21-8-10-26-34-35-30(37(26)17-21)43-27-12-11-25-32-24(18-38(25)36-27)33-29(39)19-5-6-19/h7-12,16-19,28H,2-6,13-15H2,(H,33,39). The minimum absolute atomic E-state index is 0.00409. The van der Waals surface area contributed by atoms with E-state index in [1.165, 1.54) is 11.8 Å². The third-order valence-corrected chi connectivity index (χ3v) is 8.14. The Kier molecular flexibility index (Phi) is 7.63. The van der Waals surface area contributed by atoms with Crippen molar-refractivity contribution in [2.45, 2.75) is 48.6 Å². The number of hydrogen-bond acceptors (Lipinski definition) is 9. The van der Waals surface area contributed by atoms with Gasteiger partial charge in [-0.1, -0.05) is 6.07 Å². The van der Waals surface area contributed by atoms with E-state index in [0.29, 0.717) is 51.9 Å². The summed E-state index contributed by atoms with van der Waals surface area (Å²) in [6, 6.07) is 13.1. The molecule has 12 nitrogen and oxygen atoms in total. The second kappa shape index (κ2) is 12.0. The zero-order valence-electron chi connectivity index (χ0n) is 23.2. The van der Waals surface area contributed by atoms with Gasteiger partial charge >= 0.3 is 0 Å². The van der Waals surface area contributed by atoms with Crippen molar-refractivity contribution in [3.05, 3.63) is 66.3 Å². The van der Waals surface area contributed by atoms with Crippen LogP contribution in [0.3, 0.4) is 0 Å². The van der Waals surface area contributed by atoms with Gasteiger partial charge in [0, 0.05) is 18.7 Å². The van der Waals surface area contributed by atoms with Gasteiger partial charge in [0.15, 0.2) is 23.4 Å². The molecule has 218 valence electrons. The van der Waals surface area contributed by atoms with Crippen LogP contribution in [0.5, 0.6) is 5.75 Å². The van der Waals surface area contributed by atoms with Crippen LogP contribution in [0.15, 0.2) is 65.0 Å². The van der Waals surface area contributed by atoms with Crippen molar-refractivity contribution >= 4 is 40.5 Å². The predicted octanol–water partition coefficient (Wildman–Crippen LogP) is 5.41. The first-order valence-corrected chi connectivity index (χ1v) is 15.0. The number of fused-ring (bicyclic) bond motifs is 2. The zero-order chi connectivity index (χ0) is 29.2. The van der Waals surface area contributed by atoms with Crippen LogP contribution in [0.4, 0.5) is 11.5 Å². The Bertz CT molecular complexity index is 1840. The summed E-state index contributed by atoms with van der Waals surface area (Å²) in [5, 5.41) is 17.5. The lowest BCUT2D eigenvalue weighted by molar-refractivity contribution is -0.165. The number of nitrogens with zero attached hydrogens (tertiary/aromatic N) is 7. The van der Waals surface area contributed by atoms with E-state index >= 15 is 0 Å². The van der Waals surface area contributed by atoms with E-state index in [2.05, 4.69) is 30.4 Å². The summed E-state index contributed by atoms with van der Waals surface area (Å²) in [5.41, 5.74) is 3.52. The SMILES string of the molecule is [C-]#[N+]c1cc(-c2ccc3nnc(Sc4ccc5nc(NC(=O)C6CC6)cn5n4)n3c2)ccc1OCCOC1CCCCO1. The average molecular weight is 597 g/mol. The number of nitrogens with one attached hydrogen (secondary N) is 1. The van der Waals surface area contributed by atoms with Crippen LogP contribution in [-0.4, -0.2) is 61.2 Å². The lowest BCUT2D eigenvalue weighted by Crippen LogP contribution is -2.24. The highest BCUT2D eigenvalue weighted by Crippen LogP contribution is 2.34. The van der Waals surface area contributed by atoms with Gasteiger partial charge in [-0.25, -0.2) is 14.3 Å². The van der Waals surface area contributed by atoms with Crippen LogP contribution in [0, 0.1) is 12.5 Å². The van der Waals surface area contributed by atoms with E-state index in [1.54, 1.807) is 10.7 Å². The summed E-state index contributed by atoms with van der Waals surface area (Å²) in [6.45, 7) is 9.16. The van der Waals surface area contributed by atoms with E-state index in [-0.39, 0.29) is 18.1 Å². The van der Waals surface area contributed by atoms with Crippen LogP contribution in [-0.2, 0) is 14.3 Å². The summed E-state index contributed by atoms with van der Waals surface area (Å²) < 4.78 is 20.7. The normalized spacial score (nSPS) is 16.8. The second-order valence-corrected chi connectivity index (χ2v) is 11.4. The number of carbonyl (C=O) groups is 1. The number of amides is 1. The van der Waals surface area contributed by atoms with Gasteiger partial charge in [0.25, 0.3) is 0 Å². The molecule has 1 amide bonds. The number of benzene rings is 1. The quantitative estimate of drug-likeness (QED) is 0.167. The van der Waals surface area contributed by atoms with Crippen molar-refractivity contribution in [3.63, 3.8) is 0 Å². The summed E-state index contributed by atoms with van der Waals surface area (Å²) in [5.74, 6) is 1.11. The van der Waals surface area contributed by atoms with E-state index in [0.717, 1.165) is 49.8 Å². The Labute approximate surface area is 251 Å². The fourth-order valence-corrected chi connectivity index (χ4v) is 5.62. The number of anilines is 1. The van der Waals surface area contributed by atoms with Crippen molar-refractivity contribution in [1.29, 1.82) is 0 Å². The van der Waals surface area contributed by atoms with Crippen LogP contribution < -0.4 is 10.1 Å². The monoisotopic (exact) mass is 596 g/mol. The molecule has 7 rings (SSSR count). The Morgan fingerprint density at radius 1 is 1.05 bits per heavy atom. The molecule has 13 heteroatoms. The molecule has 2 aliphatic rings. The Hall–Kier alpha value is -4.51. The largest absolute Gasteiger partial charge is 0.502 e. The average Bonchev–Trinajstić information content (AvgIpc) is 3.71. The van der Waals surface area contributed by atoms with E-state index < -0.39 is 0 Å². The van der Waals surface area contributed by atoms with E-state index in [1.807, 2.05) is 53.1 Å².